The molecule has 0 aliphatic heterocycles. The van der Waals surface area contributed by atoms with Gasteiger partial charge in [-0.05, 0) is 18.9 Å². The van der Waals surface area contributed by atoms with Crippen molar-refractivity contribution in [2.75, 3.05) is 7.11 Å². The highest BCUT2D eigenvalue weighted by Gasteiger charge is 2.39. The number of hydrogen-bond acceptors (Lipinski definition) is 5. The molecule has 0 heterocycles. The third-order valence-corrected chi connectivity index (χ3v) is 2.86. The van der Waals surface area contributed by atoms with Crippen LogP contribution >= 0.6 is 0 Å². The molecule has 0 N–H and O–H groups in total. The SMILES string of the molecule is COC(=O)C(Oc1ccc([N+](=O)[O-])cc1F)C1CC1. The van der Waals surface area contributed by atoms with Crippen LogP contribution in [0.1, 0.15) is 12.8 Å². The molecule has 0 bridgehead atoms. The second-order valence-corrected chi connectivity index (χ2v) is 4.27. The van der Waals surface area contributed by atoms with Gasteiger partial charge in [-0.1, -0.05) is 0 Å². The summed E-state index contributed by atoms with van der Waals surface area (Å²) in [4.78, 5) is 21.3. The zero-order valence-electron chi connectivity index (χ0n) is 10.2. The fourth-order valence-corrected chi connectivity index (χ4v) is 1.69. The van der Waals surface area contributed by atoms with Gasteiger partial charge < -0.3 is 9.47 Å². The molecule has 6 nitrogen and oxygen atoms in total. The predicted molar refractivity (Wildman–Crippen MR) is 62.2 cm³/mol. The minimum absolute atomic E-state index is 0.0158. The van der Waals surface area contributed by atoms with Crippen molar-refractivity contribution in [3.63, 3.8) is 0 Å². The maximum atomic E-state index is 13.6. The van der Waals surface area contributed by atoms with Gasteiger partial charge in [0.25, 0.3) is 5.69 Å². The van der Waals surface area contributed by atoms with Crippen molar-refractivity contribution >= 4 is 11.7 Å². The van der Waals surface area contributed by atoms with E-state index in [4.69, 9.17) is 4.74 Å². The molecular weight excluding hydrogens is 257 g/mol. The van der Waals surface area contributed by atoms with E-state index < -0.39 is 22.8 Å². The summed E-state index contributed by atoms with van der Waals surface area (Å²) in [5.41, 5.74) is -0.370. The molecule has 1 aliphatic carbocycles. The molecule has 1 saturated carbocycles. The molecule has 0 amide bonds. The summed E-state index contributed by atoms with van der Waals surface area (Å²) in [5, 5.41) is 10.5. The average molecular weight is 269 g/mol. The number of ether oxygens (including phenoxy) is 2. The van der Waals surface area contributed by atoms with Gasteiger partial charge in [-0.15, -0.1) is 0 Å². The van der Waals surface area contributed by atoms with E-state index in [1.165, 1.54) is 7.11 Å². The third-order valence-electron chi connectivity index (χ3n) is 2.86. The lowest BCUT2D eigenvalue weighted by atomic mass is 10.2. The largest absolute Gasteiger partial charge is 0.475 e. The first kappa shape index (κ1) is 13.3. The Kier molecular flexibility index (Phi) is 3.64. The van der Waals surface area contributed by atoms with E-state index >= 15 is 0 Å². The van der Waals surface area contributed by atoms with Crippen LogP contribution in [0, 0.1) is 21.8 Å². The molecule has 0 saturated heterocycles. The summed E-state index contributed by atoms with van der Waals surface area (Å²) in [6.45, 7) is 0. The lowest BCUT2D eigenvalue weighted by Gasteiger charge is -2.16. The van der Waals surface area contributed by atoms with Gasteiger partial charge in [0, 0.05) is 12.0 Å². The first-order valence-corrected chi connectivity index (χ1v) is 5.71. The molecule has 0 radical (unpaired) electrons. The van der Waals surface area contributed by atoms with Gasteiger partial charge in [0.1, 0.15) is 0 Å². The Bertz CT molecular complexity index is 515. The monoisotopic (exact) mass is 269 g/mol. The molecule has 1 aromatic rings. The van der Waals surface area contributed by atoms with E-state index in [1.807, 2.05) is 0 Å². The Morgan fingerprint density at radius 2 is 2.21 bits per heavy atom. The van der Waals surface area contributed by atoms with Gasteiger partial charge in [-0.3, -0.25) is 10.1 Å². The van der Waals surface area contributed by atoms with Crippen LogP contribution in [0.2, 0.25) is 0 Å². The fraction of sp³-hybridized carbons (Fsp3) is 0.417. The zero-order chi connectivity index (χ0) is 14.0. The minimum Gasteiger partial charge on any atom is -0.475 e. The fourth-order valence-electron chi connectivity index (χ4n) is 1.69. The topological polar surface area (TPSA) is 78.7 Å². The molecule has 0 spiro atoms. The molecule has 1 atom stereocenters. The standard InChI is InChI=1S/C12H12FNO5/c1-18-12(15)11(7-2-3-7)19-10-5-4-8(14(16)17)6-9(10)13/h4-7,11H,2-3H2,1H3. The first-order valence-electron chi connectivity index (χ1n) is 5.71. The lowest BCUT2D eigenvalue weighted by molar-refractivity contribution is -0.385. The van der Waals surface area contributed by atoms with Crippen molar-refractivity contribution < 1.29 is 23.6 Å². The Balaban J connectivity index is 2.17. The Morgan fingerprint density at radius 1 is 1.53 bits per heavy atom. The van der Waals surface area contributed by atoms with E-state index in [-0.39, 0.29) is 17.4 Å². The molecule has 19 heavy (non-hydrogen) atoms. The van der Waals surface area contributed by atoms with Crippen LogP contribution < -0.4 is 4.74 Å². The van der Waals surface area contributed by atoms with Gasteiger partial charge in [-0.25, -0.2) is 9.18 Å². The van der Waals surface area contributed by atoms with E-state index in [0.717, 1.165) is 31.0 Å². The molecule has 1 aromatic carbocycles. The number of nitro groups is 1. The maximum absolute atomic E-state index is 13.6. The lowest BCUT2D eigenvalue weighted by Crippen LogP contribution is -2.31. The number of non-ortho nitro benzene ring substituents is 1. The van der Waals surface area contributed by atoms with Crippen molar-refractivity contribution in [3.05, 3.63) is 34.1 Å². The van der Waals surface area contributed by atoms with Crippen LogP contribution in [0.15, 0.2) is 18.2 Å². The normalized spacial score (nSPS) is 15.7. The third kappa shape index (κ3) is 2.98. The number of halogens is 1. The van der Waals surface area contributed by atoms with Crippen LogP contribution in [0.5, 0.6) is 5.75 Å². The summed E-state index contributed by atoms with van der Waals surface area (Å²) in [5.74, 6) is -1.61. The second kappa shape index (κ2) is 5.21. The molecule has 7 heteroatoms. The summed E-state index contributed by atoms with van der Waals surface area (Å²) in [6, 6.07) is 3.03. The number of hydrogen-bond donors (Lipinski definition) is 0. The summed E-state index contributed by atoms with van der Waals surface area (Å²) in [6.07, 6.45) is 0.767. The minimum atomic E-state index is -0.872. The molecule has 1 aliphatic rings. The number of nitrogens with zero attached hydrogens (tertiary/aromatic N) is 1. The van der Waals surface area contributed by atoms with E-state index in [9.17, 15) is 19.3 Å². The molecule has 2 rings (SSSR count). The van der Waals surface area contributed by atoms with E-state index in [0.29, 0.717) is 0 Å². The quantitative estimate of drug-likeness (QED) is 0.464. The van der Waals surface area contributed by atoms with Gasteiger partial charge in [0.2, 0.25) is 0 Å². The zero-order valence-corrected chi connectivity index (χ0v) is 10.2. The first-order chi connectivity index (χ1) is 9.02. The Hall–Kier alpha value is -2.18. The van der Waals surface area contributed by atoms with Crippen LogP contribution in [0.3, 0.4) is 0 Å². The number of rotatable bonds is 5. The highest BCUT2D eigenvalue weighted by atomic mass is 19.1. The van der Waals surface area contributed by atoms with E-state index in [2.05, 4.69) is 4.74 Å². The van der Waals surface area contributed by atoms with Crippen molar-refractivity contribution in [2.24, 2.45) is 5.92 Å². The van der Waals surface area contributed by atoms with E-state index in [1.54, 1.807) is 0 Å². The predicted octanol–water partition coefficient (Wildman–Crippen LogP) is 2.06. The molecule has 102 valence electrons. The van der Waals surface area contributed by atoms with Crippen molar-refractivity contribution in [1.29, 1.82) is 0 Å². The summed E-state index contributed by atoms with van der Waals surface area (Å²) >= 11 is 0. The molecule has 1 unspecified atom stereocenters. The number of esters is 1. The smallest absolute Gasteiger partial charge is 0.347 e. The summed E-state index contributed by atoms with van der Waals surface area (Å²) < 4.78 is 23.5. The van der Waals surface area contributed by atoms with Gasteiger partial charge in [0.15, 0.2) is 17.7 Å². The molecule has 1 fully saturated rings. The summed E-state index contributed by atoms with van der Waals surface area (Å²) in [7, 11) is 1.23. The van der Waals surface area contributed by atoms with Crippen LogP contribution in [-0.2, 0) is 9.53 Å². The molecule has 0 aromatic heterocycles. The van der Waals surface area contributed by atoms with Gasteiger partial charge >= 0.3 is 5.97 Å². The van der Waals surface area contributed by atoms with Crippen LogP contribution in [0.25, 0.3) is 0 Å². The van der Waals surface area contributed by atoms with Crippen molar-refractivity contribution in [1.82, 2.24) is 0 Å². The molecular formula is C12H12FNO5. The van der Waals surface area contributed by atoms with Crippen LogP contribution in [-0.4, -0.2) is 24.1 Å². The maximum Gasteiger partial charge on any atom is 0.347 e. The Morgan fingerprint density at radius 3 is 2.68 bits per heavy atom. The number of benzene rings is 1. The van der Waals surface area contributed by atoms with Crippen molar-refractivity contribution in [3.8, 4) is 5.75 Å². The second-order valence-electron chi connectivity index (χ2n) is 4.27. The highest BCUT2D eigenvalue weighted by molar-refractivity contribution is 5.75. The number of carbonyl (C=O) groups excluding carboxylic acids is 1. The number of nitro benzene ring substituents is 1. The average Bonchev–Trinajstić information content (AvgIpc) is 3.20. The number of methoxy groups -OCH3 is 1. The van der Waals surface area contributed by atoms with Crippen molar-refractivity contribution in [2.45, 2.75) is 18.9 Å². The van der Waals surface area contributed by atoms with Gasteiger partial charge in [0.05, 0.1) is 18.1 Å². The van der Waals surface area contributed by atoms with Gasteiger partial charge in [-0.2, -0.15) is 0 Å². The Labute approximate surface area is 108 Å². The number of carbonyl (C=O) groups is 1. The van der Waals surface area contributed by atoms with Crippen LogP contribution in [0.4, 0.5) is 10.1 Å². The highest BCUT2D eigenvalue weighted by Crippen LogP contribution is 2.36.